The fourth-order valence-electron chi connectivity index (χ4n) is 8.93. The summed E-state index contributed by atoms with van der Waals surface area (Å²) in [6.07, 6.45) is 8.59. The molecule has 5 aliphatic heterocycles. The molecule has 0 aliphatic carbocycles. The van der Waals surface area contributed by atoms with Crippen LogP contribution in [-0.2, 0) is 0 Å². The summed E-state index contributed by atoms with van der Waals surface area (Å²) in [6.45, 7) is 1.96. The third-order valence-corrected chi connectivity index (χ3v) is 11.0. The van der Waals surface area contributed by atoms with Gasteiger partial charge in [-0.15, -0.1) is 6.42 Å². The van der Waals surface area contributed by atoms with Gasteiger partial charge >= 0.3 is 0 Å². The Kier molecular flexibility index (Phi) is 6.49. The second-order valence-corrected chi connectivity index (χ2v) is 13.7. The molecule has 244 valence electrons. The zero-order valence-electron chi connectivity index (χ0n) is 25.9. The maximum atomic E-state index is 17.2. The molecule has 5 aliphatic rings. The van der Waals surface area contributed by atoms with Crippen LogP contribution in [0.3, 0.4) is 0 Å². The molecule has 2 aromatic carbocycles. The van der Waals surface area contributed by atoms with E-state index in [4.69, 9.17) is 15.9 Å². The number of benzene rings is 2. The van der Waals surface area contributed by atoms with Crippen molar-refractivity contribution in [3.8, 4) is 47.2 Å². The van der Waals surface area contributed by atoms with Gasteiger partial charge in [-0.3, -0.25) is 4.90 Å². The van der Waals surface area contributed by atoms with Crippen molar-refractivity contribution in [2.75, 3.05) is 37.7 Å². The maximum Gasteiger partial charge on any atom is 0.234 e. The summed E-state index contributed by atoms with van der Waals surface area (Å²) in [7, 11) is 0. The van der Waals surface area contributed by atoms with Gasteiger partial charge in [0.05, 0.1) is 28.2 Å². The second kappa shape index (κ2) is 10.6. The fraction of sp³-hybridized carbons (Fsp3) is 0.417. The van der Waals surface area contributed by atoms with Gasteiger partial charge in [0.1, 0.15) is 53.8 Å². The van der Waals surface area contributed by atoms with Gasteiger partial charge in [-0.25, -0.2) is 23.1 Å². The van der Waals surface area contributed by atoms with Crippen LogP contribution in [0.4, 0.5) is 18.9 Å². The first-order chi connectivity index (χ1) is 23.3. The van der Waals surface area contributed by atoms with Crippen LogP contribution in [0.5, 0.6) is 17.5 Å². The minimum Gasteiger partial charge on any atom is -0.508 e. The van der Waals surface area contributed by atoms with Gasteiger partial charge in [0, 0.05) is 42.5 Å². The summed E-state index contributed by atoms with van der Waals surface area (Å²) in [5.41, 5.74) is -0.366. The van der Waals surface area contributed by atoms with E-state index in [2.05, 4.69) is 37.1 Å². The Morgan fingerprint density at radius 1 is 1.17 bits per heavy atom. The van der Waals surface area contributed by atoms with Crippen molar-refractivity contribution >= 4 is 27.4 Å². The van der Waals surface area contributed by atoms with Gasteiger partial charge in [-0.2, -0.15) is 5.26 Å². The number of phenols is 1. The Morgan fingerprint density at radius 2 is 2.04 bits per heavy atom. The molecular weight excluding hydrogens is 621 g/mol. The van der Waals surface area contributed by atoms with E-state index in [1.165, 1.54) is 24.3 Å². The quantitative estimate of drug-likeness (QED) is 0.297. The molecule has 4 fully saturated rings. The highest BCUT2D eigenvalue weighted by Gasteiger charge is 2.50. The standard InChI is InChI=1S/C36H31F3N6O3/c1-2-22-25(38)6-4-18-10-21(46)11-23(28(18)22)31-30(39)32-29-33(45-15-20-5-7-26(41-20)27(45)16-47-35(29)42-31)24(13-40)34(43-32)48-17-36-8-3-9-44(36)14-19(37)12-36/h1,4,6,10-11,19-20,26-27,41,46H,3,5,7-9,12,14-17H2/t19-,20?,26?,27?,36+/m1/s1. The highest BCUT2D eigenvalue weighted by Crippen LogP contribution is 2.48. The Labute approximate surface area is 274 Å². The van der Waals surface area contributed by atoms with Crippen LogP contribution < -0.4 is 19.7 Å². The molecule has 0 spiro atoms. The minimum atomic E-state index is -0.976. The topological polar surface area (TPSA) is 107 Å². The number of ether oxygens (including phenoxy) is 2. The summed E-state index contributed by atoms with van der Waals surface area (Å²) in [4.78, 5) is 13.5. The fourth-order valence-corrected chi connectivity index (χ4v) is 8.93. The highest BCUT2D eigenvalue weighted by molar-refractivity contribution is 6.05. The number of pyridine rings is 2. The van der Waals surface area contributed by atoms with Crippen LogP contribution >= 0.6 is 0 Å². The summed E-state index contributed by atoms with van der Waals surface area (Å²) >= 11 is 0. The lowest BCUT2D eigenvalue weighted by molar-refractivity contribution is 0.110. The van der Waals surface area contributed by atoms with Crippen molar-refractivity contribution in [3.05, 3.63) is 47.0 Å². The van der Waals surface area contributed by atoms with Crippen molar-refractivity contribution in [1.29, 1.82) is 5.26 Å². The average Bonchev–Trinajstić information content (AvgIpc) is 3.71. The van der Waals surface area contributed by atoms with Crippen molar-refractivity contribution in [1.82, 2.24) is 20.2 Å². The predicted octanol–water partition coefficient (Wildman–Crippen LogP) is 4.94. The van der Waals surface area contributed by atoms with Crippen LogP contribution in [0.25, 0.3) is 32.9 Å². The van der Waals surface area contributed by atoms with Gasteiger partial charge in [-0.05, 0) is 55.8 Å². The molecule has 4 aromatic rings. The van der Waals surface area contributed by atoms with Crippen LogP contribution in [0.2, 0.25) is 0 Å². The maximum absolute atomic E-state index is 17.2. The molecule has 12 heteroatoms. The van der Waals surface area contributed by atoms with E-state index in [0.717, 1.165) is 32.2 Å². The zero-order valence-corrected chi connectivity index (χ0v) is 25.9. The summed E-state index contributed by atoms with van der Waals surface area (Å²) in [6, 6.07) is 7.71. The van der Waals surface area contributed by atoms with Gasteiger partial charge in [0.2, 0.25) is 11.8 Å². The molecule has 2 N–H and O–H groups in total. The third-order valence-electron chi connectivity index (χ3n) is 11.0. The highest BCUT2D eigenvalue weighted by atomic mass is 19.1. The van der Waals surface area contributed by atoms with Crippen LogP contribution in [-0.4, -0.2) is 82.7 Å². The average molecular weight is 653 g/mol. The first-order valence-corrected chi connectivity index (χ1v) is 16.4. The predicted molar refractivity (Wildman–Crippen MR) is 172 cm³/mol. The Balaban J connectivity index is 1.29. The number of rotatable bonds is 4. The number of phenolic OH excluding ortho intramolecular Hbond substituents is 1. The van der Waals surface area contributed by atoms with Crippen molar-refractivity contribution < 1.29 is 27.8 Å². The molecule has 0 saturated carbocycles. The smallest absolute Gasteiger partial charge is 0.234 e. The summed E-state index contributed by atoms with van der Waals surface area (Å²) < 4.78 is 59.5. The lowest BCUT2D eigenvalue weighted by Gasteiger charge is -2.41. The molecule has 2 bridgehead atoms. The first kappa shape index (κ1) is 29.4. The largest absolute Gasteiger partial charge is 0.508 e. The number of alkyl halides is 1. The van der Waals surface area contributed by atoms with Gasteiger partial charge in [-0.1, -0.05) is 12.0 Å². The lowest BCUT2D eigenvalue weighted by atomic mass is 9.94. The van der Waals surface area contributed by atoms with Crippen LogP contribution in [0.15, 0.2) is 24.3 Å². The van der Waals surface area contributed by atoms with Gasteiger partial charge in [0.15, 0.2) is 5.82 Å². The third kappa shape index (κ3) is 4.19. The molecular formula is C36H31F3N6O3. The minimum absolute atomic E-state index is 0.0480. The van der Waals surface area contributed by atoms with Gasteiger partial charge in [0.25, 0.3) is 0 Å². The number of piperazine rings is 1. The molecule has 2 aromatic heterocycles. The number of halogens is 3. The number of nitrogens with one attached hydrogen (secondary N) is 1. The number of terminal acetylenes is 1. The van der Waals surface area contributed by atoms with Crippen LogP contribution in [0, 0.1) is 35.3 Å². The molecule has 3 unspecified atom stereocenters. The van der Waals surface area contributed by atoms with E-state index >= 15 is 4.39 Å². The number of aromatic nitrogens is 2. The number of aromatic hydroxyl groups is 1. The van der Waals surface area contributed by atoms with Crippen molar-refractivity contribution in [3.63, 3.8) is 0 Å². The number of hydrogen-bond donors (Lipinski definition) is 2. The van der Waals surface area contributed by atoms with Crippen LogP contribution in [0.1, 0.15) is 43.2 Å². The van der Waals surface area contributed by atoms with E-state index in [9.17, 15) is 19.1 Å². The van der Waals surface area contributed by atoms with E-state index in [-0.39, 0.29) is 87.5 Å². The molecule has 9 rings (SSSR count). The molecule has 0 radical (unpaired) electrons. The van der Waals surface area contributed by atoms with E-state index in [1.807, 2.05) is 0 Å². The van der Waals surface area contributed by atoms with E-state index in [1.54, 1.807) is 0 Å². The Hall–Kier alpha value is -4.78. The summed E-state index contributed by atoms with van der Waals surface area (Å²) in [5, 5.41) is 25.8. The number of anilines is 1. The summed E-state index contributed by atoms with van der Waals surface area (Å²) in [5.74, 6) is 0.641. The van der Waals surface area contributed by atoms with Crippen molar-refractivity contribution in [2.45, 2.75) is 61.9 Å². The molecule has 0 amide bonds. The SMILES string of the molecule is C#Cc1c(F)ccc2cc(O)cc(-c3nc4c5c(c(C#N)c(OC[C@@]67CCCN6C[C@H](F)C7)nc5c3F)N3CC5CCC(N5)C3CO4)c12. The zero-order chi connectivity index (χ0) is 32.9. The van der Waals surface area contributed by atoms with E-state index in [0.29, 0.717) is 30.6 Å². The second-order valence-electron chi connectivity index (χ2n) is 13.7. The normalized spacial score (nSPS) is 27.3. The number of hydrogen-bond acceptors (Lipinski definition) is 9. The molecule has 5 atom stereocenters. The molecule has 9 nitrogen and oxygen atoms in total. The van der Waals surface area contributed by atoms with Crippen molar-refractivity contribution in [2.24, 2.45) is 0 Å². The number of nitrogens with zero attached hydrogens (tertiary/aromatic N) is 5. The van der Waals surface area contributed by atoms with E-state index < -0.39 is 23.3 Å². The Morgan fingerprint density at radius 3 is 2.88 bits per heavy atom. The monoisotopic (exact) mass is 652 g/mol. The molecule has 48 heavy (non-hydrogen) atoms. The number of fused-ring (bicyclic) bond motifs is 7. The Bertz CT molecular complexity index is 2130. The van der Waals surface area contributed by atoms with Gasteiger partial charge < -0.3 is 24.8 Å². The molecule has 4 saturated heterocycles. The number of nitriles is 1. The molecule has 7 heterocycles. The lowest BCUT2D eigenvalue weighted by Crippen LogP contribution is -2.60. The first-order valence-electron chi connectivity index (χ1n) is 16.4.